The Kier molecular flexibility index (Phi) is 4.73. The maximum Gasteiger partial charge on any atom is 0.318 e. The van der Waals surface area contributed by atoms with Crippen LogP contribution in [0.2, 0.25) is 0 Å². The molecule has 0 bridgehead atoms. The second kappa shape index (κ2) is 6.75. The highest BCUT2D eigenvalue weighted by atomic mass is 32.1. The van der Waals surface area contributed by atoms with Gasteiger partial charge in [0.2, 0.25) is 0 Å². The number of nitrogens with zero attached hydrogens (tertiary/aromatic N) is 3. The summed E-state index contributed by atoms with van der Waals surface area (Å²) in [5.74, 6) is 0.378. The minimum absolute atomic E-state index is 0.00260. The van der Waals surface area contributed by atoms with Crippen LogP contribution in [0.15, 0.2) is 17.5 Å². The molecule has 118 valence electrons. The third kappa shape index (κ3) is 3.30. The van der Waals surface area contributed by atoms with Crippen molar-refractivity contribution in [2.24, 2.45) is 0 Å². The maximum atomic E-state index is 12.4. The Bertz CT molecular complexity index is 623. The lowest BCUT2D eigenvalue weighted by Crippen LogP contribution is -2.38. The van der Waals surface area contributed by atoms with E-state index in [0.29, 0.717) is 12.5 Å². The van der Waals surface area contributed by atoms with Gasteiger partial charge in [0.05, 0.1) is 12.6 Å². The van der Waals surface area contributed by atoms with E-state index in [0.717, 1.165) is 29.4 Å². The molecule has 5 nitrogen and oxygen atoms in total. The van der Waals surface area contributed by atoms with Gasteiger partial charge in [-0.15, -0.1) is 21.5 Å². The molecule has 2 aromatic rings. The third-order valence-electron chi connectivity index (χ3n) is 3.75. The van der Waals surface area contributed by atoms with Crippen molar-refractivity contribution in [3.8, 4) is 0 Å². The van der Waals surface area contributed by atoms with Crippen LogP contribution in [0.5, 0.6) is 0 Å². The van der Waals surface area contributed by atoms with Gasteiger partial charge in [0, 0.05) is 17.3 Å². The zero-order valence-corrected chi connectivity index (χ0v) is 14.4. The second-order valence-electron chi connectivity index (χ2n) is 5.71. The minimum Gasteiger partial charge on any atom is -0.331 e. The number of nitrogens with one attached hydrogen (secondary N) is 1. The average molecular weight is 336 g/mol. The van der Waals surface area contributed by atoms with E-state index in [2.05, 4.69) is 40.8 Å². The van der Waals surface area contributed by atoms with Gasteiger partial charge in [-0.05, 0) is 24.3 Å². The third-order valence-corrected chi connectivity index (χ3v) is 5.95. The van der Waals surface area contributed by atoms with Gasteiger partial charge < -0.3 is 10.2 Å². The second-order valence-corrected chi connectivity index (χ2v) is 7.79. The maximum absolute atomic E-state index is 12.4. The first-order valence-corrected chi connectivity index (χ1v) is 9.25. The summed E-state index contributed by atoms with van der Waals surface area (Å²) in [6, 6.07) is 4.38. The molecule has 22 heavy (non-hydrogen) atoms. The van der Waals surface area contributed by atoms with Gasteiger partial charge in [0.25, 0.3) is 0 Å². The molecule has 1 fully saturated rings. The first-order valence-electron chi connectivity index (χ1n) is 7.55. The van der Waals surface area contributed by atoms with E-state index in [-0.39, 0.29) is 12.1 Å². The lowest BCUT2D eigenvalue weighted by atomic mass is 10.2. The number of rotatable bonds is 4. The van der Waals surface area contributed by atoms with Crippen molar-refractivity contribution < 1.29 is 4.79 Å². The molecule has 0 aromatic carbocycles. The molecule has 0 radical (unpaired) electrons. The van der Waals surface area contributed by atoms with Crippen molar-refractivity contribution >= 4 is 28.7 Å². The van der Waals surface area contributed by atoms with Crippen LogP contribution >= 0.6 is 22.7 Å². The van der Waals surface area contributed by atoms with Crippen molar-refractivity contribution in [2.75, 3.05) is 6.54 Å². The van der Waals surface area contributed by atoms with Crippen LogP contribution in [0.4, 0.5) is 4.79 Å². The summed E-state index contributed by atoms with van der Waals surface area (Å²) < 4.78 is 0. The van der Waals surface area contributed by atoms with E-state index in [1.54, 1.807) is 22.7 Å². The van der Waals surface area contributed by atoms with E-state index in [4.69, 9.17) is 0 Å². The number of hydrogen-bond acceptors (Lipinski definition) is 5. The van der Waals surface area contributed by atoms with Gasteiger partial charge in [-0.2, -0.15) is 0 Å². The van der Waals surface area contributed by atoms with Crippen molar-refractivity contribution in [1.29, 1.82) is 0 Å². The van der Waals surface area contributed by atoms with Crippen molar-refractivity contribution in [3.05, 3.63) is 32.4 Å². The molecule has 7 heteroatoms. The normalized spacial score (nSPS) is 18.1. The average Bonchev–Trinajstić information content (AvgIpc) is 3.23. The van der Waals surface area contributed by atoms with E-state index >= 15 is 0 Å². The zero-order valence-electron chi connectivity index (χ0n) is 12.8. The van der Waals surface area contributed by atoms with Gasteiger partial charge in [0.15, 0.2) is 0 Å². The summed E-state index contributed by atoms with van der Waals surface area (Å²) in [6.07, 6.45) is 2.11. The predicted molar refractivity (Wildman–Crippen MR) is 89.2 cm³/mol. The fourth-order valence-corrected chi connectivity index (χ4v) is 4.27. The first kappa shape index (κ1) is 15.4. The monoisotopic (exact) mass is 336 g/mol. The number of aromatic nitrogens is 2. The highest BCUT2D eigenvalue weighted by molar-refractivity contribution is 7.11. The molecule has 0 spiro atoms. The number of urea groups is 1. The molecule has 2 aromatic heterocycles. The summed E-state index contributed by atoms with van der Waals surface area (Å²) in [5.41, 5.74) is 0. The summed E-state index contributed by atoms with van der Waals surface area (Å²) >= 11 is 3.29. The number of likely N-dealkylation sites (tertiary alicyclic amines) is 1. The van der Waals surface area contributed by atoms with Crippen molar-refractivity contribution in [1.82, 2.24) is 20.4 Å². The number of carbonyl (C=O) groups excluding carboxylic acids is 1. The van der Waals surface area contributed by atoms with Crippen LogP contribution in [0.3, 0.4) is 0 Å². The number of thiophene rings is 1. The Morgan fingerprint density at radius 1 is 1.50 bits per heavy atom. The molecule has 0 saturated carbocycles. The number of hydrogen-bond donors (Lipinski definition) is 1. The predicted octanol–water partition coefficient (Wildman–Crippen LogP) is 3.77. The Balaban J connectivity index is 1.59. The Hall–Kier alpha value is -1.47. The van der Waals surface area contributed by atoms with Crippen LogP contribution in [0.25, 0.3) is 0 Å². The molecule has 3 rings (SSSR count). The smallest absolute Gasteiger partial charge is 0.318 e. The molecule has 1 aliphatic rings. The van der Waals surface area contributed by atoms with Gasteiger partial charge in [-0.1, -0.05) is 31.3 Å². The molecule has 0 aliphatic carbocycles. The van der Waals surface area contributed by atoms with E-state index in [1.807, 2.05) is 11.0 Å². The molecular formula is C15H20N4OS2. The molecule has 1 aliphatic heterocycles. The molecule has 1 atom stereocenters. The fraction of sp³-hybridized carbons (Fsp3) is 0.533. The van der Waals surface area contributed by atoms with E-state index in [9.17, 15) is 4.79 Å². The van der Waals surface area contributed by atoms with Crippen LogP contribution in [0.1, 0.15) is 53.5 Å². The number of amides is 2. The van der Waals surface area contributed by atoms with E-state index < -0.39 is 0 Å². The summed E-state index contributed by atoms with van der Waals surface area (Å²) in [5, 5.41) is 15.2. The summed E-state index contributed by atoms with van der Waals surface area (Å²) in [7, 11) is 0. The first-order chi connectivity index (χ1) is 10.6. The summed E-state index contributed by atoms with van der Waals surface area (Å²) in [4.78, 5) is 15.7. The fourth-order valence-electron chi connectivity index (χ4n) is 2.61. The molecule has 2 amide bonds. The Labute approximate surface area is 138 Å². The standard InChI is InChI=1S/C15H20N4OS2/c1-10(2)14-18-17-13(22-14)9-16-15(20)19-7-3-5-11(19)12-6-4-8-21-12/h4,6,8,10-11H,3,5,7,9H2,1-2H3,(H,16,20)/t11-/m1/s1. The Morgan fingerprint density at radius 2 is 2.36 bits per heavy atom. The van der Waals surface area contributed by atoms with Gasteiger partial charge in [-0.25, -0.2) is 4.79 Å². The largest absolute Gasteiger partial charge is 0.331 e. The summed E-state index contributed by atoms with van der Waals surface area (Å²) in [6.45, 7) is 5.47. The van der Waals surface area contributed by atoms with Crippen molar-refractivity contribution in [3.63, 3.8) is 0 Å². The molecule has 3 heterocycles. The lowest BCUT2D eigenvalue weighted by Gasteiger charge is -2.23. The minimum atomic E-state index is -0.00260. The molecule has 1 saturated heterocycles. The Morgan fingerprint density at radius 3 is 3.05 bits per heavy atom. The lowest BCUT2D eigenvalue weighted by molar-refractivity contribution is 0.193. The number of carbonyl (C=O) groups is 1. The van der Waals surface area contributed by atoms with Crippen LogP contribution in [-0.4, -0.2) is 27.7 Å². The SMILES string of the molecule is CC(C)c1nnc(CNC(=O)N2CCC[C@@H]2c2cccs2)s1. The van der Waals surface area contributed by atoms with Crippen LogP contribution in [0, 0.1) is 0 Å². The van der Waals surface area contributed by atoms with Gasteiger partial charge in [0.1, 0.15) is 10.0 Å². The van der Waals surface area contributed by atoms with Crippen molar-refractivity contribution in [2.45, 2.75) is 45.2 Å². The van der Waals surface area contributed by atoms with E-state index in [1.165, 1.54) is 4.88 Å². The van der Waals surface area contributed by atoms with Crippen LogP contribution < -0.4 is 5.32 Å². The highest BCUT2D eigenvalue weighted by Gasteiger charge is 2.30. The zero-order chi connectivity index (χ0) is 15.5. The highest BCUT2D eigenvalue weighted by Crippen LogP contribution is 2.34. The molecule has 0 unspecified atom stereocenters. The molecular weight excluding hydrogens is 316 g/mol. The topological polar surface area (TPSA) is 58.1 Å². The van der Waals surface area contributed by atoms with Gasteiger partial charge >= 0.3 is 6.03 Å². The quantitative estimate of drug-likeness (QED) is 0.924. The molecule has 1 N–H and O–H groups in total. The van der Waals surface area contributed by atoms with Gasteiger partial charge in [-0.3, -0.25) is 0 Å². The van der Waals surface area contributed by atoms with Crippen LogP contribution in [-0.2, 0) is 6.54 Å².